The van der Waals surface area contributed by atoms with E-state index in [0.717, 1.165) is 16.7 Å². The van der Waals surface area contributed by atoms with Crippen LogP contribution >= 0.6 is 11.8 Å². The molecule has 1 N–H and O–H groups in total. The van der Waals surface area contributed by atoms with Gasteiger partial charge in [0.15, 0.2) is 0 Å². The number of nitrogens with one attached hydrogen (secondary N) is 1. The van der Waals surface area contributed by atoms with E-state index in [1.807, 2.05) is 91.0 Å². The molecule has 1 unspecified atom stereocenters. The van der Waals surface area contributed by atoms with Gasteiger partial charge < -0.3 is 14.2 Å². The number of aryl methyl sites for hydroxylation is 1. The number of aromatic amines is 1. The Morgan fingerprint density at radius 2 is 1.26 bits per heavy atom. The first-order valence-corrected chi connectivity index (χ1v) is 13.9. The predicted molar refractivity (Wildman–Crippen MR) is 153 cm³/mol. The molecule has 1 aliphatic rings. The summed E-state index contributed by atoms with van der Waals surface area (Å²) < 4.78 is 20.8. The first kappa shape index (κ1) is 27.1. The number of hydrogen-bond donors (Lipinski definition) is 1. The smallest absolute Gasteiger partial charge is 0.329 e. The summed E-state index contributed by atoms with van der Waals surface area (Å²) in [6.07, 6.45) is 0.783. The van der Waals surface area contributed by atoms with Gasteiger partial charge >= 0.3 is 5.69 Å². The molecule has 1 aromatic heterocycles. The maximum Gasteiger partial charge on any atom is 0.329 e. The van der Waals surface area contributed by atoms with Crippen molar-refractivity contribution in [1.82, 2.24) is 9.55 Å². The highest BCUT2D eigenvalue weighted by molar-refractivity contribution is 8.00. The molecule has 39 heavy (non-hydrogen) atoms. The van der Waals surface area contributed by atoms with E-state index >= 15 is 0 Å². The van der Waals surface area contributed by atoms with E-state index in [4.69, 9.17) is 14.2 Å². The van der Waals surface area contributed by atoms with Gasteiger partial charge in [0.05, 0.1) is 31.7 Å². The summed E-state index contributed by atoms with van der Waals surface area (Å²) in [7, 11) is 0. The Hall–Kier alpha value is -3.43. The van der Waals surface area contributed by atoms with E-state index < -0.39 is 17.2 Å². The van der Waals surface area contributed by atoms with Gasteiger partial charge in [-0.2, -0.15) is 0 Å². The molecule has 0 saturated carbocycles. The van der Waals surface area contributed by atoms with Crippen LogP contribution in [0.25, 0.3) is 0 Å². The zero-order valence-corrected chi connectivity index (χ0v) is 22.6. The Morgan fingerprint density at radius 3 is 1.82 bits per heavy atom. The topological polar surface area (TPSA) is 82.6 Å². The van der Waals surface area contributed by atoms with Crippen LogP contribution in [0.4, 0.5) is 0 Å². The second-order valence-electron chi connectivity index (χ2n) is 9.57. The van der Waals surface area contributed by atoms with Crippen LogP contribution in [0.3, 0.4) is 0 Å². The third-order valence-corrected chi connectivity index (χ3v) is 8.20. The molecule has 0 amide bonds. The van der Waals surface area contributed by atoms with Crippen LogP contribution in [0.15, 0.2) is 107 Å². The molecular formula is C31H32N2O5S. The van der Waals surface area contributed by atoms with Gasteiger partial charge in [-0.25, -0.2) is 4.79 Å². The zero-order valence-electron chi connectivity index (χ0n) is 21.8. The molecule has 4 aromatic rings. The van der Waals surface area contributed by atoms with E-state index in [0.29, 0.717) is 32.0 Å². The van der Waals surface area contributed by atoms with Crippen molar-refractivity contribution in [3.05, 3.63) is 140 Å². The van der Waals surface area contributed by atoms with Crippen LogP contribution in [-0.4, -0.2) is 33.6 Å². The van der Waals surface area contributed by atoms with Crippen LogP contribution in [0.1, 0.15) is 27.6 Å². The molecule has 202 valence electrons. The molecule has 5 rings (SSSR count). The highest BCUT2D eigenvalue weighted by Gasteiger charge is 2.47. The lowest BCUT2D eigenvalue weighted by Crippen LogP contribution is -2.41. The second-order valence-corrected chi connectivity index (χ2v) is 10.9. The highest BCUT2D eigenvalue weighted by atomic mass is 32.2. The van der Waals surface area contributed by atoms with Crippen LogP contribution in [0.5, 0.6) is 0 Å². The molecule has 0 aliphatic carbocycles. The van der Waals surface area contributed by atoms with Gasteiger partial charge in [0.2, 0.25) is 0 Å². The number of rotatable bonds is 11. The Kier molecular flexibility index (Phi) is 9.11. The molecule has 0 radical (unpaired) electrons. The van der Waals surface area contributed by atoms with Crippen molar-refractivity contribution >= 4 is 11.8 Å². The van der Waals surface area contributed by atoms with Crippen molar-refractivity contribution in [2.75, 3.05) is 6.61 Å². The number of thioether (sulfide) groups is 1. The van der Waals surface area contributed by atoms with E-state index in [2.05, 4.69) is 4.98 Å². The van der Waals surface area contributed by atoms with Crippen LogP contribution in [0, 0.1) is 6.92 Å². The van der Waals surface area contributed by atoms with Crippen LogP contribution in [0.2, 0.25) is 0 Å². The largest absolute Gasteiger partial charge is 0.376 e. The molecule has 8 heteroatoms. The summed E-state index contributed by atoms with van der Waals surface area (Å²) in [5.74, 6) is 0. The molecule has 1 saturated heterocycles. The number of aromatic nitrogens is 2. The third-order valence-electron chi connectivity index (χ3n) is 6.67. The van der Waals surface area contributed by atoms with E-state index in [1.165, 1.54) is 0 Å². The molecule has 7 nitrogen and oxygen atoms in total. The molecular weight excluding hydrogens is 512 g/mol. The van der Waals surface area contributed by atoms with Crippen molar-refractivity contribution in [2.24, 2.45) is 0 Å². The van der Waals surface area contributed by atoms with Crippen molar-refractivity contribution in [1.29, 1.82) is 0 Å². The third kappa shape index (κ3) is 6.96. The highest BCUT2D eigenvalue weighted by Crippen LogP contribution is 2.45. The first-order valence-electron chi connectivity index (χ1n) is 13.0. The Balaban J connectivity index is 1.43. The van der Waals surface area contributed by atoms with E-state index in [9.17, 15) is 9.59 Å². The van der Waals surface area contributed by atoms with Gasteiger partial charge in [-0.1, -0.05) is 91.0 Å². The summed E-state index contributed by atoms with van der Waals surface area (Å²) in [5.41, 5.74) is 2.76. The molecule has 0 spiro atoms. The van der Waals surface area contributed by atoms with Crippen molar-refractivity contribution in [3.8, 4) is 0 Å². The Bertz CT molecular complexity index is 1440. The van der Waals surface area contributed by atoms with E-state index in [-0.39, 0.29) is 16.9 Å². The van der Waals surface area contributed by atoms with Gasteiger partial charge in [-0.15, -0.1) is 11.8 Å². The second kappa shape index (κ2) is 13.1. The lowest BCUT2D eigenvalue weighted by atomic mass is 10.1. The predicted octanol–water partition coefficient (Wildman–Crippen LogP) is 4.85. The molecule has 0 bridgehead atoms. The minimum Gasteiger partial charge on any atom is -0.376 e. The lowest BCUT2D eigenvalue weighted by Gasteiger charge is -2.27. The van der Waals surface area contributed by atoms with Gasteiger partial charge in [-0.05, 0) is 23.6 Å². The number of ether oxygens (including phenoxy) is 3. The van der Waals surface area contributed by atoms with Gasteiger partial charge in [0, 0.05) is 11.8 Å². The number of hydrogen-bond acceptors (Lipinski definition) is 6. The fraction of sp³-hybridized carbons (Fsp3) is 0.290. The monoisotopic (exact) mass is 544 g/mol. The number of H-pyrrole nitrogens is 1. The number of nitrogens with zero attached hydrogens (tertiary/aromatic N) is 1. The molecule has 1 aliphatic heterocycles. The quantitative estimate of drug-likeness (QED) is 0.291. The summed E-state index contributed by atoms with van der Waals surface area (Å²) in [6, 6.07) is 29.9. The van der Waals surface area contributed by atoms with Gasteiger partial charge in [0.1, 0.15) is 17.6 Å². The SMILES string of the molecule is Cc1cn(C2S[C@@H](COCc3ccccc3)[C@@H](OCc3ccccc3)[C@@H]2OCc2ccccc2)c(=O)[nH]c1=O. The van der Waals surface area contributed by atoms with Gasteiger partial charge in [0.25, 0.3) is 5.56 Å². The fourth-order valence-electron chi connectivity index (χ4n) is 4.62. The maximum absolute atomic E-state index is 13.0. The summed E-state index contributed by atoms with van der Waals surface area (Å²) >= 11 is 1.58. The zero-order chi connectivity index (χ0) is 27.0. The average Bonchev–Trinajstić information content (AvgIpc) is 3.31. The standard InChI is InChI=1S/C31H32N2O5S/c1-22-17-33(31(35)32-29(22)34)30-28(38-20-25-15-9-4-10-16-25)27(37-19-24-13-7-3-8-14-24)26(39-30)21-36-18-23-11-5-2-6-12-23/h2-17,26-28,30H,18-21H2,1H3,(H,32,34,35)/t26-,27+,28-,30?/m0/s1. The van der Waals surface area contributed by atoms with Crippen molar-refractivity contribution in [2.45, 2.75) is 49.6 Å². The molecule has 1 fully saturated rings. The average molecular weight is 545 g/mol. The maximum atomic E-state index is 13.0. The molecule has 2 heterocycles. The minimum atomic E-state index is -0.468. The Morgan fingerprint density at radius 1 is 0.744 bits per heavy atom. The van der Waals surface area contributed by atoms with Crippen LogP contribution in [-0.2, 0) is 34.0 Å². The normalized spacial score (nSPS) is 20.7. The molecule has 3 aromatic carbocycles. The van der Waals surface area contributed by atoms with Gasteiger partial charge in [-0.3, -0.25) is 14.3 Å². The number of benzene rings is 3. The van der Waals surface area contributed by atoms with Crippen molar-refractivity contribution < 1.29 is 14.2 Å². The molecule has 4 atom stereocenters. The van der Waals surface area contributed by atoms with E-state index in [1.54, 1.807) is 29.4 Å². The first-order chi connectivity index (χ1) is 19.1. The summed E-state index contributed by atoms with van der Waals surface area (Å²) in [4.78, 5) is 27.5. The minimum absolute atomic E-state index is 0.109. The summed E-state index contributed by atoms with van der Waals surface area (Å²) in [5, 5.41) is -0.523. The Labute approximate surface area is 231 Å². The van der Waals surface area contributed by atoms with Crippen molar-refractivity contribution in [3.63, 3.8) is 0 Å². The fourth-order valence-corrected chi connectivity index (χ4v) is 6.22. The lowest BCUT2D eigenvalue weighted by molar-refractivity contribution is -0.0920. The van der Waals surface area contributed by atoms with Crippen LogP contribution < -0.4 is 11.2 Å². The summed E-state index contributed by atoms with van der Waals surface area (Å²) in [6.45, 7) is 3.35.